The third-order valence-corrected chi connectivity index (χ3v) is 3.76. The van der Waals surface area contributed by atoms with Crippen LogP contribution in [-0.2, 0) is 0 Å². The lowest BCUT2D eigenvalue weighted by atomic mass is 9.63. The van der Waals surface area contributed by atoms with Gasteiger partial charge in [0.2, 0.25) is 0 Å². The molecule has 0 radical (unpaired) electrons. The SMILES string of the molecule is C=C/C=C1\C(=C/C)C(C)(C)C(C)CC1O.CC. The second-order valence-electron chi connectivity index (χ2n) is 4.93. The van der Waals surface area contributed by atoms with Gasteiger partial charge in [-0.3, -0.25) is 0 Å². The van der Waals surface area contributed by atoms with E-state index in [1.165, 1.54) is 5.57 Å². The van der Waals surface area contributed by atoms with Crippen molar-refractivity contribution in [2.24, 2.45) is 11.3 Å². The molecule has 98 valence electrons. The van der Waals surface area contributed by atoms with E-state index in [1.807, 2.05) is 26.8 Å². The van der Waals surface area contributed by atoms with Crippen molar-refractivity contribution >= 4 is 0 Å². The number of aliphatic hydroxyl groups is 1. The van der Waals surface area contributed by atoms with Gasteiger partial charge in [-0.25, -0.2) is 0 Å². The van der Waals surface area contributed by atoms with Gasteiger partial charge in [-0.15, -0.1) is 0 Å². The number of aliphatic hydroxyl groups excluding tert-OH is 1. The van der Waals surface area contributed by atoms with Crippen LogP contribution in [0.1, 0.15) is 48.0 Å². The van der Waals surface area contributed by atoms with Crippen LogP contribution < -0.4 is 0 Å². The molecule has 0 aromatic heterocycles. The molecule has 0 spiro atoms. The Hall–Kier alpha value is -0.820. The van der Waals surface area contributed by atoms with E-state index in [-0.39, 0.29) is 11.5 Å². The summed E-state index contributed by atoms with van der Waals surface area (Å²) in [6, 6.07) is 0. The predicted molar refractivity (Wildman–Crippen MR) is 77.0 cm³/mol. The summed E-state index contributed by atoms with van der Waals surface area (Å²) in [5, 5.41) is 10.0. The molecule has 2 atom stereocenters. The standard InChI is InChI=1S/C14H22O.C2H6/c1-6-8-11-12(7-2)14(4,5)10(3)9-13(11)15;1-2/h6-8,10,13,15H,1,9H2,2-5H3;1-2H3/b11-8+,12-7+;. The molecule has 1 aliphatic carbocycles. The van der Waals surface area contributed by atoms with Crippen LogP contribution in [-0.4, -0.2) is 11.2 Å². The molecule has 0 amide bonds. The Balaban J connectivity index is 0.00000121. The topological polar surface area (TPSA) is 20.2 Å². The zero-order valence-electron chi connectivity index (χ0n) is 12.2. The fourth-order valence-corrected chi connectivity index (χ4v) is 2.44. The summed E-state index contributed by atoms with van der Waals surface area (Å²) in [5.41, 5.74) is 2.44. The average Bonchev–Trinajstić information content (AvgIpc) is 2.29. The van der Waals surface area contributed by atoms with Crippen molar-refractivity contribution in [3.05, 3.63) is 36.0 Å². The van der Waals surface area contributed by atoms with Crippen LogP contribution in [0, 0.1) is 11.3 Å². The van der Waals surface area contributed by atoms with Gasteiger partial charge in [-0.1, -0.05) is 59.4 Å². The minimum Gasteiger partial charge on any atom is -0.388 e. The quantitative estimate of drug-likeness (QED) is 0.711. The highest BCUT2D eigenvalue weighted by Gasteiger charge is 2.39. The summed E-state index contributed by atoms with van der Waals surface area (Å²) in [6.07, 6.45) is 6.32. The van der Waals surface area contributed by atoms with Gasteiger partial charge in [-0.2, -0.15) is 0 Å². The molecule has 1 rings (SSSR count). The summed E-state index contributed by atoms with van der Waals surface area (Å²) in [7, 11) is 0. The Morgan fingerprint density at radius 2 is 1.88 bits per heavy atom. The fourth-order valence-electron chi connectivity index (χ4n) is 2.44. The predicted octanol–water partition coefficient (Wildman–Crippen LogP) is 4.50. The monoisotopic (exact) mass is 236 g/mol. The van der Waals surface area contributed by atoms with Crippen LogP contribution in [0.25, 0.3) is 0 Å². The van der Waals surface area contributed by atoms with Crippen molar-refractivity contribution in [3.8, 4) is 0 Å². The Bertz CT molecular complexity index is 307. The lowest BCUT2D eigenvalue weighted by Crippen LogP contribution is -2.36. The molecule has 1 N–H and O–H groups in total. The minimum atomic E-state index is -0.336. The summed E-state index contributed by atoms with van der Waals surface area (Å²) < 4.78 is 0. The maximum absolute atomic E-state index is 10.0. The molecular formula is C16H28O. The second kappa shape index (κ2) is 6.80. The van der Waals surface area contributed by atoms with Gasteiger partial charge in [0.15, 0.2) is 0 Å². The van der Waals surface area contributed by atoms with E-state index in [0.29, 0.717) is 5.92 Å². The zero-order chi connectivity index (χ0) is 13.6. The zero-order valence-corrected chi connectivity index (χ0v) is 12.2. The van der Waals surface area contributed by atoms with Crippen LogP contribution in [0.4, 0.5) is 0 Å². The first kappa shape index (κ1) is 16.2. The molecule has 0 bridgehead atoms. The summed E-state index contributed by atoms with van der Waals surface area (Å²) in [5.74, 6) is 0.501. The van der Waals surface area contributed by atoms with E-state index in [4.69, 9.17) is 0 Å². The Kier molecular flexibility index (Phi) is 6.48. The Morgan fingerprint density at radius 3 is 2.29 bits per heavy atom. The van der Waals surface area contributed by atoms with Crippen LogP contribution in [0.5, 0.6) is 0 Å². The van der Waals surface area contributed by atoms with E-state index in [0.717, 1.165) is 12.0 Å². The largest absolute Gasteiger partial charge is 0.388 e. The lowest BCUT2D eigenvalue weighted by molar-refractivity contribution is 0.116. The van der Waals surface area contributed by atoms with Gasteiger partial charge >= 0.3 is 0 Å². The Labute approximate surface area is 107 Å². The van der Waals surface area contributed by atoms with Gasteiger partial charge in [-0.05, 0) is 35.8 Å². The first-order valence-electron chi connectivity index (χ1n) is 6.63. The average molecular weight is 236 g/mol. The normalized spacial score (nSPS) is 31.9. The van der Waals surface area contributed by atoms with Crippen molar-refractivity contribution < 1.29 is 5.11 Å². The maximum atomic E-state index is 10.0. The summed E-state index contributed by atoms with van der Waals surface area (Å²) in [4.78, 5) is 0. The molecular weight excluding hydrogens is 208 g/mol. The smallest absolute Gasteiger partial charge is 0.0795 e. The summed E-state index contributed by atoms with van der Waals surface area (Å²) in [6.45, 7) is 16.4. The van der Waals surface area contributed by atoms with Gasteiger partial charge in [0, 0.05) is 0 Å². The first-order valence-corrected chi connectivity index (χ1v) is 6.63. The fraction of sp³-hybridized carbons (Fsp3) is 0.625. The highest BCUT2D eigenvalue weighted by atomic mass is 16.3. The summed E-state index contributed by atoms with van der Waals surface area (Å²) >= 11 is 0. The molecule has 1 heteroatoms. The lowest BCUT2D eigenvalue weighted by Gasteiger charge is -2.43. The van der Waals surface area contributed by atoms with E-state index in [1.54, 1.807) is 6.08 Å². The molecule has 0 aromatic carbocycles. The molecule has 1 nitrogen and oxygen atoms in total. The highest BCUT2D eigenvalue weighted by molar-refractivity contribution is 5.42. The van der Waals surface area contributed by atoms with Gasteiger partial charge in [0.05, 0.1) is 6.10 Å². The number of allylic oxidation sites excluding steroid dienone is 3. The molecule has 0 heterocycles. The molecule has 1 aliphatic rings. The minimum absolute atomic E-state index is 0.142. The van der Waals surface area contributed by atoms with Crippen molar-refractivity contribution in [2.75, 3.05) is 0 Å². The van der Waals surface area contributed by atoms with Crippen molar-refractivity contribution in [1.29, 1.82) is 0 Å². The van der Waals surface area contributed by atoms with E-state index in [9.17, 15) is 5.11 Å². The molecule has 0 aliphatic heterocycles. The van der Waals surface area contributed by atoms with Gasteiger partial charge in [0.25, 0.3) is 0 Å². The van der Waals surface area contributed by atoms with E-state index in [2.05, 4.69) is 33.4 Å². The number of rotatable bonds is 1. The van der Waals surface area contributed by atoms with Crippen molar-refractivity contribution in [2.45, 2.75) is 54.1 Å². The molecule has 1 saturated carbocycles. The highest BCUT2D eigenvalue weighted by Crippen LogP contribution is 2.47. The van der Waals surface area contributed by atoms with Crippen LogP contribution in [0.15, 0.2) is 36.0 Å². The molecule has 17 heavy (non-hydrogen) atoms. The first-order chi connectivity index (χ1) is 7.95. The number of hydrogen-bond acceptors (Lipinski definition) is 1. The molecule has 2 unspecified atom stereocenters. The third kappa shape index (κ3) is 3.32. The Morgan fingerprint density at radius 1 is 1.35 bits per heavy atom. The van der Waals surface area contributed by atoms with Crippen LogP contribution >= 0.6 is 0 Å². The maximum Gasteiger partial charge on any atom is 0.0795 e. The van der Waals surface area contributed by atoms with Gasteiger partial charge < -0.3 is 5.11 Å². The second-order valence-corrected chi connectivity index (χ2v) is 4.93. The van der Waals surface area contributed by atoms with Crippen LogP contribution in [0.3, 0.4) is 0 Å². The van der Waals surface area contributed by atoms with Crippen molar-refractivity contribution in [1.82, 2.24) is 0 Å². The molecule has 0 aromatic rings. The van der Waals surface area contributed by atoms with Crippen molar-refractivity contribution in [3.63, 3.8) is 0 Å². The van der Waals surface area contributed by atoms with Crippen LogP contribution in [0.2, 0.25) is 0 Å². The van der Waals surface area contributed by atoms with E-state index < -0.39 is 0 Å². The number of hydrogen-bond donors (Lipinski definition) is 1. The molecule has 0 saturated heterocycles. The van der Waals surface area contributed by atoms with Gasteiger partial charge in [0.1, 0.15) is 0 Å². The third-order valence-electron chi connectivity index (χ3n) is 3.76. The molecule has 1 fully saturated rings. The van der Waals surface area contributed by atoms with E-state index >= 15 is 0 Å².